The Labute approximate surface area is 516 Å². The van der Waals surface area contributed by atoms with Crippen LogP contribution in [0.3, 0.4) is 0 Å². The van der Waals surface area contributed by atoms with E-state index in [1.807, 2.05) is 0 Å². The number of nitrogens with one attached hydrogen (secondary N) is 3. The van der Waals surface area contributed by atoms with Crippen LogP contribution in [0.2, 0.25) is 0 Å². The van der Waals surface area contributed by atoms with E-state index in [1.54, 1.807) is 0 Å². The van der Waals surface area contributed by atoms with Gasteiger partial charge in [-0.3, -0.25) is 36.4 Å². The van der Waals surface area contributed by atoms with Crippen LogP contribution in [0.4, 0.5) is 0 Å². The zero-order chi connectivity index (χ0) is 74.0. The van der Waals surface area contributed by atoms with E-state index in [4.69, 9.17) is 54.0 Å². The van der Waals surface area contributed by atoms with Crippen molar-refractivity contribution >= 4 is 94.8 Å². The zero-order valence-corrected chi connectivity index (χ0v) is 50.0. The molecule has 5 rings (SSSR count). The van der Waals surface area contributed by atoms with Crippen molar-refractivity contribution in [1.29, 1.82) is 0 Å². The second-order valence-electron chi connectivity index (χ2n) is 18.1. The topological polar surface area (TPSA) is 805 Å². The molecule has 5 aliphatic rings. The molecule has 52 nitrogen and oxygen atoms in total. The van der Waals surface area contributed by atoms with Gasteiger partial charge < -0.3 is 88.2 Å². The third-order valence-corrected chi connectivity index (χ3v) is 15.5. The number of hydrogen-bond acceptors (Lipinski definition) is 39. The predicted octanol–water partition coefficient (Wildman–Crippen LogP) is -13.8. The summed E-state index contributed by atoms with van der Waals surface area (Å²) in [5.74, 6) is -5.24. The van der Waals surface area contributed by atoms with Crippen LogP contribution in [0.1, 0.15) is 6.85 Å². The van der Waals surface area contributed by atoms with Gasteiger partial charge in [-0.15, -0.1) is 0 Å². The summed E-state index contributed by atoms with van der Waals surface area (Å²) in [5.41, 5.74) is 0. The average Bonchev–Trinajstić information content (AvgIpc) is 0.705. The normalized spacial score (nSPS) is 42.0. The number of methoxy groups -OCH3 is 1. The molecule has 5 saturated heterocycles. The van der Waals surface area contributed by atoms with E-state index in [1.165, 1.54) is 4.72 Å². The summed E-state index contributed by atoms with van der Waals surface area (Å²) >= 11 is 0. The maximum atomic E-state index is 13.0. The summed E-state index contributed by atoms with van der Waals surface area (Å²) < 4.78 is 387. The monoisotopic (exact) mass is 1510 g/mol. The lowest BCUT2D eigenvalue weighted by Gasteiger charge is -2.50. The Hall–Kier alpha value is -2.74. The molecule has 0 aromatic heterocycles. The Morgan fingerprint density at radius 1 is 0.429 bits per heavy atom. The molecule has 5 heterocycles. The lowest BCUT2D eigenvalue weighted by atomic mass is 9.94. The van der Waals surface area contributed by atoms with Crippen LogP contribution in [0.15, 0.2) is 0 Å². The quantitative estimate of drug-likeness (QED) is 0.0297. The van der Waals surface area contributed by atoms with Gasteiger partial charge in [0.15, 0.2) is 49.7 Å². The molecule has 0 aliphatic carbocycles. The molecule has 0 radical (unpaired) electrons. The summed E-state index contributed by atoms with van der Waals surface area (Å²) in [6, 6.07) is -10.3. The summed E-state index contributed by atoms with van der Waals surface area (Å²) in [4.78, 5) is 26.0. The minimum atomic E-state index is -6.46. The molecule has 0 unspecified atom stereocenters. The van der Waals surface area contributed by atoms with Gasteiger partial charge in [-0.2, -0.15) is 81.5 Å². The highest BCUT2D eigenvalue weighted by atomic mass is 32.3. The molecule has 0 amide bonds. The first-order valence-electron chi connectivity index (χ1n) is 25.5. The Morgan fingerprint density at radius 2 is 0.857 bits per heavy atom. The summed E-state index contributed by atoms with van der Waals surface area (Å²) in [6.45, 7) is -8.24. The van der Waals surface area contributed by atoms with E-state index in [9.17, 15) is 150 Å². The fourth-order valence-corrected chi connectivity index (χ4v) is 11.9. The summed E-state index contributed by atoms with van der Waals surface area (Å²) in [7, 11) is -47.7. The van der Waals surface area contributed by atoms with Crippen molar-refractivity contribution in [2.45, 2.75) is 153 Å². The van der Waals surface area contributed by atoms with Gasteiger partial charge >= 0.3 is 94.8 Å². The number of rotatable bonds is 30. The molecule has 60 heteroatoms. The minimum absolute atomic E-state index is 0.663. The van der Waals surface area contributed by atoms with Crippen molar-refractivity contribution in [3.05, 3.63) is 0 Å². The van der Waals surface area contributed by atoms with Gasteiger partial charge in [0.2, 0.25) is 0 Å². The van der Waals surface area contributed by atoms with E-state index >= 15 is 0 Å². The molecule has 91 heavy (non-hydrogen) atoms. The molecule has 0 aromatic carbocycles. The van der Waals surface area contributed by atoms with E-state index in [0.717, 1.165) is 4.72 Å². The van der Waals surface area contributed by atoms with Gasteiger partial charge in [0.1, 0.15) is 104 Å². The van der Waals surface area contributed by atoms with Crippen molar-refractivity contribution in [1.82, 2.24) is 14.2 Å². The van der Waals surface area contributed by atoms with Gasteiger partial charge in [0, 0.05) is 7.11 Å². The average molecular weight is 1510 g/mol. The number of aliphatic hydroxyl groups excluding tert-OH is 5. The van der Waals surface area contributed by atoms with E-state index in [0.29, 0.717) is 11.8 Å². The van der Waals surface area contributed by atoms with Gasteiger partial charge in [-0.25, -0.2) is 30.5 Å². The van der Waals surface area contributed by atoms with Crippen LogP contribution >= 0.6 is 0 Å². The maximum absolute atomic E-state index is 13.0. The van der Waals surface area contributed by atoms with Crippen molar-refractivity contribution in [2.75, 3.05) is 26.9 Å². The SMILES string of the molecule is [2H]C([2H])(OS(=O)(=O)O)[C@H]1O[C@]([2H])(O[C@H]2[C@H](O)[C@@H](O)[C@H](O[C@@H]3[C@H](OS(=O)(=O)O)[C@@H](NS(=O)(=O)O)[C@@H](O[C@H]4[C@H](O)[C@@H](OS(=O)(=O)O)[C@H](O[C@H]5[C@H](O)[C@@H](NS(=O)(=O)O)[C@@H](OC)O[C@@H]5COS(=O)(=O)O)O[C@H]4C(=O)O)O[C@@H]3COS(=O)(=O)O)O[C@@H]2C(=O)O)[C@]([2H])(NS(=O)(=O)O)[C@@H](O)[C@]1([2H])O. The molecular weight excluding hydrogens is 1450 g/mol. The number of aliphatic carboxylic acids is 2. The Kier molecular flexibility index (Phi) is 23.4. The zero-order valence-electron chi connectivity index (χ0n) is 48.5. The number of hydrogen-bond donors (Lipinski definition) is 19. The van der Waals surface area contributed by atoms with Crippen LogP contribution in [-0.4, -0.2) is 337 Å². The first-order chi connectivity index (χ1) is 42.9. The number of carboxylic acids is 2. The number of ether oxygens (including phenoxy) is 10. The second kappa shape index (κ2) is 29.9. The number of carboxylic acid groups (broad SMARTS) is 2. The standard InChI is InChI=1S/C31H53N3O49S8/c1-69-27-9(33-85(48,49)50)13(37)17(6(74-27)3-71-88(57,58)59)76-31-22(83-91(66,67)68)16(40)21(24(81-31)26(43)44)79-29-10(34-86(51,52)53)19(82-90(63,64)65)18(7(75-29)4-72-89(60,61)62)77-30-15(39)14(38)20(23(80-30)25(41)42)78-28-8(32-84(45,46)47)12(36)11(35)5(73-28)2-70-87(54,55)56/h5-24,27-40H,2-4H2,1H3,(H,41,42)(H,43,44)(H,45,46,47)(H,48,49,50)(H,51,52,53)(H,54,55,56)(H,57,58,59)(H,60,61,62)(H,63,64,65)(H,66,67,68)/t5-,6-,7-,8-,9-,10-,11-,12-,13-,14-,15-,16+,17-,18+,19-,20+,21+,22-,23+,24-,27+,28-,29-,30-,31-/m1/s1/i2D2,8D,11D,28D. The van der Waals surface area contributed by atoms with E-state index < -0.39 is 268 Å². The summed E-state index contributed by atoms with van der Waals surface area (Å²) in [5, 5.41) is 88.6. The molecule has 0 aromatic rings. The van der Waals surface area contributed by atoms with Crippen LogP contribution in [0.25, 0.3) is 0 Å². The van der Waals surface area contributed by atoms with Gasteiger partial charge in [0.25, 0.3) is 0 Å². The van der Waals surface area contributed by atoms with Crippen molar-refractivity contribution in [3.63, 3.8) is 0 Å². The highest BCUT2D eigenvalue weighted by Gasteiger charge is 2.61. The van der Waals surface area contributed by atoms with Crippen LogP contribution in [0, 0.1) is 0 Å². The Balaban J connectivity index is 1.64. The number of carbonyl (C=O) groups is 2. The van der Waals surface area contributed by atoms with Crippen LogP contribution in [-0.2, 0) is 161 Å². The van der Waals surface area contributed by atoms with Crippen molar-refractivity contribution in [3.8, 4) is 0 Å². The van der Waals surface area contributed by atoms with Crippen LogP contribution < -0.4 is 14.2 Å². The van der Waals surface area contributed by atoms with Crippen molar-refractivity contribution in [2.24, 2.45) is 0 Å². The van der Waals surface area contributed by atoms with Crippen molar-refractivity contribution < 1.29 is 229 Å². The molecule has 25 atom stereocenters. The van der Waals surface area contributed by atoms with Gasteiger partial charge in [-0.05, 0) is 0 Å². The van der Waals surface area contributed by atoms with Gasteiger partial charge in [-0.1, -0.05) is 0 Å². The Morgan fingerprint density at radius 3 is 1.32 bits per heavy atom. The van der Waals surface area contributed by atoms with Crippen LogP contribution in [0.5, 0.6) is 0 Å². The highest BCUT2D eigenvalue weighted by Crippen LogP contribution is 2.39. The smallest absolute Gasteiger partial charge is 0.397 e. The molecule has 534 valence electrons. The first kappa shape index (κ1) is 71.0. The fraction of sp³-hybridized carbons (Fsp3) is 0.935. The molecular formula is C31H53N3O49S8. The predicted molar refractivity (Wildman–Crippen MR) is 262 cm³/mol. The summed E-state index contributed by atoms with van der Waals surface area (Å²) in [6.07, 6.45) is -73.3. The second-order valence-corrected chi connectivity index (χ2v) is 26.9. The third kappa shape index (κ3) is 22.9. The molecule has 0 saturated carbocycles. The molecule has 0 bridgehead atoms. The van der Waals surface area contributed by atoms with E-state index in [2.05, 4.69) is 25.7 Å². The first-order valence-corrected chi connectivity index (χ1v) is 34.1. The molecule has 19 N–H and O–H groups in total. The minimum Gasteiger partial charge on any atom is -0.479 e. The fourth-order valence-electron chi connectivity index (χ4n) is 8.45. The van der Waals surface area contributed by atoms with Gasteiger partial charge in [0.05, 0.1) is 26.6 Å². The molecule has 0 spiro atoms. The highest BCUT2D eigenvalue weighted by molar-refractivity contribution is 7.84. The van der Waals surface area contributed by atoms with E-state index in [-0.39, 0.29) is 0 Å². The maximum Gasteiger partial charge on any atom is 0.397 e. The lowest BCUT2D eigenvalue weighted by molar-refractivity contribution is -0.373. The molecule has 5 fully saturated rings. The lowest BCUT2D eigenvalue weighted by Crippen LogP contribution is -2.71. The third-order valence-electron chi connectivity index (χ3n) is 11.8. The number of aliphatic hydroxyl groups is 6. The molecule has 5 aliphatic heterocycles. The largest absolute Gasteiger partial charge is 0.479 e. The Bertz CT molecular complexity index is 3770.